The van der Waals surface area contributed by atoms with Crippen LogP contribution in [-0.4, -0.2) is 61.5 Å². The number of hydrogen-bond acceptors (Lipinski definition) is 4. The summed E-state index contributed by atoms with van der Waals surface area (Å²) >= 11 is 0. The van der Waals surface area contributed by atoms with Crippen molar-refractivity contribution in [2.75, 3.05) is 20.2 Å². The number of hydrogen-bond donors (Lipinski definition) is 1. The van der Waals surface area contributed by atoms with Crippen molar-refractivity contribution in [3.63, 3.8) is 0 Å². The summed E-state index contributed by atoms with van der Waals surface area (Å²) in [5, 5.41) is 0. The molecule has 0 unspecified atom stereocenters. The molecule has 0 amide bonds. The lowest BCUT2D eigenvalue weighted by atomic mass is 9.92. The standard InChI is InChI=1S/C13H27N3O3S/c1-10-9-19-11(2)8-16(10)20(17,18)15(3)13-6-4-12(14)5-7-13/h10-13H,4-9,14H2,1-3H3/t10-,11-,12?,13?/m1/s1. The molecule has 0 bridgehead atoms. The lowest BCUT2D eigenvalue weighted by Gasteiger charge is -2.41. The van der Waals surface area contributed by atoms with Gasteiger partial charge in [0.25, 0.3) is 10.2 Å². The summed E-state index contributed by atoms with van der Waals surface area (Å²) in [7, 11) is -1.72. The number of nitrogens with two attached hydrogens (primary N) is 1. The molecule has 1 saturated carbocycles. The molecule has 7 heteroatoms. The zero-order valence-electron chi connectivity index (χ0n) is 12.7. The molecule has 0 radical (unpaired) electrons. The van der Waals surface area contributed by atoms with E-state index in [2.05, 4.69) is 0 Å². The van der Waals surface area contributed by atoms with Crippen molar-refractivity contribution in [3.05, 3.63) is 0 Å². The van der Waals surface area contributed by atoms with Gasteiger partial charge in [0.1, 0.15) is 0 Å². The van der Waals surface area contributed by atoms with Gasteiger partial charge in [-0.1, -0.05) is 0 Å². The Morgan fingerprint density at radius 1 is 1.20 bits per heavy atom. The summed E-state index contributed by atoms with van der Waals surface area (Å²) in [4.78, 5) is 0. The van der Waals surface area contributed by atoms with E-state index in [1.165, 1.54) is 0 Å². The largest absolute Gasteiger partial charge is 0.375 e. The number of morpholine rings is 1. The van der Waals surface area contributed by atoms with Crippen LogP contribution in [0.3, 0.4) is 0 Å². The van der Waals surface area contributed by atoms with E-state index in [1.54, 1.807) is 15.7 Å². The van der Waals surface area contributed by atoms with E-state index in [4.69, 9.17) is 10.5 Å². The molecule has 2 atom stereocenters. The Labute approximate surface area is 122 Å². The van der Waals surface area contributed by atoms with Crippen LogP contribution < -0.4 is 5.73 Å². The molecular weight excluding hydrogens is 278 g/mol. The van der Waals surface area contributed by atoms with Gasteiger partial charge in [0.05, 0.1) is 12.7 Å². The predicted octanol–water partition coefficient (Wildman–Crippen LogP) is 0.542. The van der Waals surface area contributed by atoms with E-state index in [9.17, 15) is 8.42 Å². The highest BCUT2D eigenvalue weighted by Gasteiger charge is 2.38. The van der Waals surface area contributed by atoms with Crippen molar-refractivity contribution in [2.24, 2.45) is 5.73 Å². The van der Waals surface area contributed by atoms with E-state index in [-0.39, 0.29) is 24.2 Å². The van der Waals surface area contributed by atoms with Gasteiger partial charge in [-0.2, -0.15) is 17.0 Å². The van der Waals surface area contributed by atoms with Crippen LogP contribution in [0.15, 0.2) is 0 Å². The third kappa shape index (κ3) is 3.33. The van der Waals surface area contributed by atoms with Crippen LogP contribution in [0.1, 0.15) is 39.5 Å². The Kier molecular flexibility index (Phi) is 5.07. The summed E-state index contributed by atoms with van der Waals surface area (Å²) in [6, 6.07) is 0.194. The number of rotatable bonds is 3. The summed E-state index contributed by atoms with van der Waals surface area (Å²) in [5.74, 6) is 0. The second-order valence-electron chi connectivity index (χ2n) is 6.16. The lowest BCUT2D eigenvalue weighted by Crippen LogP contribution is -2.56. The third-order valence-corrected chi connectivity index (χ3v) is 6.59. The first-order valence-corrected chi connectivity index (χ1v) is 8.84. The van der Waals surface area contributed by atoms with Crippen LogP contribution in [0, 0.1) is 0 Å². The van der Waals surface area contributed by atoms with E-state index in [0.29, 0.717) is 13.2 Å². The molecule has 1 aliphatic carbocycles. The molecule has 2 N–H and O–H groups in total. The highest BCUT2D eigenvalue weighted by Crippen LogP contribution is 2.26. The Bertz CT molecular complexity index is 421. The van der Waals surface area contributed by atoms with Crippen LogP contribution in [0.5, 0.6) is 0 Å². The summed E-state index contributed by atoms with van der Waals surface area (Å²) in [6.07, 6.45) is 3.46. The first kappa shape index (κ1) is 16.2. The van der Waals surface area contributed by atoms with Gasteiger partial charge in [-0.15, -0.1) is 0 Å². The molecule has 20 heavy (non-hydrogen) atoms. The van der Waals surface area contributed by atoms with Crippen molar-refractivity contribution < 1.29 is 13.2 Å². The fourth-order valence-electron chi connectivity index (χ4n) is 3.01. The highest BCUT2D eigenvalue weighted by atomic mass is 32.2. The predicted molar refractivity (Wildman–Crippen MR) is 78.5 cm³/mol. The van der Waals surface area contributed by atoms with E-state index >= 15 is 0 Å². The molecule has 6 nitrogen and oxygen atoms in total. The van der Waals surface area contributed by atoms with Crippen LogP contribution >= 0.6 is 0 Å². The quantitative estimate of drug-likeness (QED) is 0.826. The SMILES string of the molecule is C[C@@H]1CN(S(=O)(=O)N(C)C2CCC(N)CC2)[C@H](C)CO1. The number of ether oxygens (including phenoxy) is 1. The zero-order chi connectivity index (χ0) is 14.9. The Balaban J connectivity index is 2.08. The van der Waals surface area contributed by atoms with Gasteiger partial charge in [-0.05, 0) is 39.5 Å². The third-order valence-electron chi connectivity index (χ3n) is 4.47. The summed E-state index contributed by atoms with van der Waals surface area (Å²) in [6.45, 7) is 4.70. The average Bonchev–Trinajstić information content (AvgIpc) is 2.41. The fourth-order valence-corrected chi connectivity index (χ4v) is 4.85. The number of nitrogens with zero attached hydrogens (tertiary/aromatic N) is 2. The van der Waals surface area contributed by atoms with Gasteiger partial charge in [-0.25, -0.2) is 0 Å². The molecule has 1 saturated heterocycles. The molecule has 1 aliphatic heterocycles. The topological polar surface area (TPSA) is 75.9 Å². The fraction of sp³-hybridized carbons (Fsp3) is 1.00. The van der Waals surface area contributed by atoms with Crippen LogP contribution in [-0.2, 0) is 14.9 Å². The maximum Gasteiger partial charge on any atom is 0.282 e. The van der Waals surface area contributed by atoms with Crippen LogP contribution in [0.25, 0.3) is 0 Å². The molecule has 2 fully saturated rings. The van der Waals surface area contributed by atoms with Crippen molar-refractivity contribution in [2.45, 2.75) is 63.8 Å². The Hall–Kier alpha value is -0.210. The van der Waals surface area contributed by atoms with Crippen molar-refractivity contribution in [1.29, 1.82) is 0 Å². The van der Waals surface area contributed by atoms with Gasteiger partial charge >= 0.3 is 0 Å². The average molecular weight is 305 g/mol. The minimum atomic E-state index is -3.42. The van der Waals surface area contributed by atoms with Gasteiger partial charge < -0.3 is 10.5 Å². The van der Waals surface area contributed by atoms with Gasteiger partial charge in [0.2, 0.25) is 0 Å². The second-order valence-corrected chi connectivity index (χ2v) is 8.10. The van der Waals surface area contributed by atoms with Crippen molar-refractivity contribution in [3.8, 4) is 0 Å². The minimum Gasteiger partial charge on any atom is -0.375 e. The van der Waals surface area contributed by atoms with E-state index in [0.717, 1.165) is 25.7 Å². The molecule has 1 heterocycles. The maximum absolute atomic E-state index is 12.8. The van der Waals surface area contributed by atoms with E-state index in [1.807, 2.05) is 13.8 Å². The molecular formula is C13H27N3O3S. The molecule has 0 aromatic rings. The van der Waals surface area contributed by atoms with Crippen LogP contribution in [0.2, 0.25) is 0 Å². The Morgan fingerprint density at radius 3 is 2.40 bits per heavy atom. The smallest absolute Gasteiger partial charge is 0.282 e. The minimum absolute atomic E-state index is 0.0471. The molecule has 0 aromatic carbocycles. The summed E-state index contributed by atoms with van der Waals surface area (Å²) in [5.41, 5.74) is 5.89. The lowest BCUT2D eigenvalue weighted by molar-refractivity contribution is -0.0194. The molecule has 2 rings (SSSR count). The second kappa shape index (κ2) is 6.27. The maximum atomic E-state index is 12.8. The van der Waals surface area contributed by atoms with Crippen LogP contribution in [0.4, 0.5) is 0 Å². The van der Waals surface area contributed by atoms with Crippen molar-refractivity contribution in [1.82, 2.24) is 8.61 Å². The Morgan fingerprint density at radius 2 is 1.80 bits per heavy atom. The normalized spacial score (nSPS) is 37.2. The highest BCUT2D eigenvalue weighted by molar-refractivity contribution is 7.86. The molecule has 118 valence electrons. The van der Waals surface area contributed by atoms with Crippen molar-refractivity contribution >= 4 is 10.2 Å². The van der Waals surface area contributed by atoms with Gasteiger partial charge in [0.15, 0.2) is 0 Å². The first-order valence-electron chi connectivity index (χ1n) is 7.44. The zero-order valence-corrected chi connectivity index (χ0v) is 13.5. The van der Waals surface area contributed by atoms with E-state index < -0.39 is 10.2 Å². The van der Waals surface area contributed by atoms with Gasteiger partial charge in [-0.3, -0.25) is 0 Å². The summed E-state index contributed by atoms with van der Waals surface area (Å²) < 4.78 is 34.2. The monoisotopic (exact) mass is 305 g/mol. The first-order chi connectivity index (χ1) is 9.32. The molecule has 0 aromatic heterocycles. The van der Waals surface area contributed by atoms with Gasteiger partial charge in [0, 0.05) is 31.7 Å². The molecule has 0 spiro atoms. The molecule has 2 aliphatic rings.